The third kappa shape index (κ3) is 4.63. The number of nitrogens with one attached hydrogen (secondary N) is 1. The molecule has 1 N–H and O–H groups in total. The lowest BCUT2D eigenvalue weighted by Crippen LogP contribution is -2.32. The summed E-state index contributed by atoms with van der Waals surface area (Å²) in [7, 11) is 0. The monoisotopic (exact) mass is 273 g/mol. The highest BCUT2D eigenvalue weighted by molar-refractivity contribution is 5.18. The quantitative estimate of drug-likeness (QED) is 0.752. The van der Waals surface area contributed by atoms with Crippen LogP contribution in [0.5, 0.6) is 0 Å². The summed E-state index contributed by atoms with van der Waals surface area (Å²) >= 11 is 0. The Bertz CT molecular complexity index is 371. The summed E-state index contributed by atoms with van der Waals surface area (Å²) in [4.78, 5) is 0. The minimum Gasteiger partial charge on any atom is -0.310 e. The van der Waals surface area contributed by atoms with E-state index >= 15 is 0 Å². The van der Waals surface area contributed by atoms with Gasteiger partial charge in [-0.05, 0) is 42.7 Å². The summed E-state index contributed by atoms with van der Waals surface area (Å²) < 4.78 is 0. The van der Waals surface area contributed by atoms with Crippen molar-refractivity contribution in [3.63, 3.8) is 0 Å². The summed E-state index contributed by atoms with van der Waals surface area (Å²) in [5.74, 6) is 2.50. The standard InChI is InChI=1S/C19H31N/c1-15(2)13-19(17-10-5-4-6-11-17)20-14-18-12-8-7-9-16(18)3/h4-6,10-11,15-16,18-20H,7-9,12-14H2,1-3H3. The molecular formula is C19H31N. The van der Waals surface area contributed by atoms with Crippen LogP contribution in [0.2, 0.25) is 0 Å². The van der Waals surface area contributed by atoms with Gasteiger partial charge in [-0.3, -0.25) is 0 Å². The zero-order chi connectivity index (χ0) is 14.4. The lowest BCUT2D eigenvalue weighted by Gasteiger charge is -2.31. The first-order valence-corrected chi connectivity index (χ1v) is 8.45. The summed E-state index contributed by atoms with van der Waals surface area (Å²) in [5.41, 5.74) is 1.45. The van der Waals surface area contributed by atoms with E-state index < -0.39 is 0 Å². The topological polar surface area (TPSA) is 12.0 Å². The van der Waals surface area contributed by atoms with Crippen LogP contribution < -0.4 is 5.32 Å². The average molecular weight is 273 g/mol. The Morgan fingerprint density at radius 1 is 1.10 bits per heavy atom. The van der Waals surface area contributed by atoms with Crippen LogP contribution in [0.25, 0.3) is 0 Å². The van der Waals surface area contributed by atoms with Gasteiger partial charge < -0.3 is 5.32 Å². The SMILES string of the molecule is CC(C)CC(NCC1CCCCC1C)c1ccccc1. The van der Waals surface area contributed by atoms with E-state index in [1.54, 1.807) is 0 Å². The molecule has 0 saturated heterocycles. The number of rotatable bonds is 6. The maximum atomic E-state index is 3.87. The lowest BCUT2D eigenvalue weighted by molar-refractivity contribution is 0.236. The predicted octanol–water partition coefficient (Wildman–Crippen LogP) is 5.19. The maximum absolute atomic E-state index is 3.87. The third-order valence-corrected chi connectivity index (χ3v) is 4.82. The van der Waals surface area contributed by atoms with E-state index in [0.717, 1.165) is 17.8 Å². The first-order valence-electron chi connectivity index (χ1n) is 8.45. The Kier molecular flexibility index (Phi) is 6.09. The van der Waals surface area contributed by atoms with E-state index in [9.17, 15) is 0 Å². The molecule has 1 fully saturated rings. The van der Waals surface area contributed by atoms with E-state index in [0.29, 0.717) is 6.04 Å². The summed E-state index contributed by atoms with van der Waals surface area (Å²) in [5, 5.41) is 3.87. The van der Waals surface area contributed by atoms with Gasteiger partial charge in [0.05, 0.1) is 0 Å². The molecule has 1 saturated carbocycles. The van der Waals surface area contributed by atoms with Crippen LogP contribution >= 0.6 is 0 Å². The van der Waals surface area contributed by atoms with Crippen molar-refractivity contribution in [2.24, 2.45) is 17.8 Å². The normalized spacial score (nSPS) is 24.8. The molecule has 2 rings (SSSR count). The Morgan fingerprint density at radius 2 is 1.80 bits per heavy atom. The highest BCUT2D eigenvalue weighted by Gasteiger charge is 2.22. The van der Waals surface area contributed by atoms with Gasteiger partial charge in [0.1, 0.15) is 0 Å². The number of hydrogen-bond donors (Lipinski definition) is 1. The molecule has 0 radical (unpaired) electrons. The zero-order valence-corrected chi connectivity index (χ0v) is 13.4. The summed E-state index contributed by atoms with van der Waals surface area (Å²) in [6.07, 6.45) is 6.93. The van der Waals surface area contributed by atoms with Gasteiger partial charge in [-0.2, -0.15) is 0 Å². The second kappa shape index (κ2) is 7.83. The molecule has 20 heavy (non-hydrogen) atoms. The van der Waals surface area contributed by atoms with Crippen LogP contribution in [0.1, 0.15) is 64.5 Å². The van der Waals surface area contributed by atoms with Gasteiger partial charge >= 0.3 is 0 Å². The smallest absolute Gasteiger partial charge is 0.0322 e. The minimum atomic E-state index is 0.519. The molecule has 112 valence electrons. The fourth-order valence-corrected chi connectivity index (χ4v) is 3.48. The van der Waals surface area contributed by atoms with E-state index in [2.05, 4.69) is 56.4 Å². The highest BCUT2D eigenvalue weighted by atomic mass is 14.9. The van der Waals surface area contributed by atoms with E-state index in [-0.39, 0.29) is 0 Å². The molecule has 1 aliphatic rings. The van der Waals surface area contributed by atoms with Crippen molar-refractivity contribution in [1.82, 2.24) is 5.32 Å². The van der Waals surface area contributed by atoms with Crippen molar-refractivity contribution < 1.29 is 0 Å². The van der Waals surface area contributed by atoms with Crippen LogP contribution in [0.15, 0.2) is 30.3 Å². The maximum Gasteiger partial charge on any atom is 0.0322 e. The molecule has 3 unspecified atom stereocenters. The molecule has 0 bridgehead atoms. The average Bonchev–Trinajstić information content (AvgIpc) is 2.45. The lowest BCUT2D eigenvalue weighted by atomic mass is 9.80. The van der Waals surface area contributed by atoms with Crippen molar-refractivity contribution in [1.29, 1.82) is 0 Å². The minimum absolute atomic E-state index is 0.519. The number of hydrogen-bond acceptors (Lipinski definition) is 1. The van der Waals surface area contributed by atoms with Crippen molar-refractivity contribution >= 4 is 0 Å². The first-order chi connectivity index (χ1) is 9.66. The Balaban J connectivity index is 1.94. The molecule has 1 nitrogen and oxygen atoms in total. The molecular weight excluding hydrogens is 242 g/mol. The second-order valence-electron chi connectivity index (χ2n) is 7.02. The van der Waals surface area contributed by atoms with Crippen molar-refractivity contribution in [3.8, 4) is 0 Å². The van der Waals surface area contributed by atoms with Crippen LogP contribution in [-0.2, 0) is 0 Å². The predicted molar refractivity (Wildman–Crippen MR) is 87.8 cm³/mol. The number of benzene rings is 1. The molecule has 1 aromatic rings. The van der Waals surface area contributed by atoms with E-state index in [4.69, 9.17) is 0 Å². The molecule has 0 spiro atoms. The largest absolute Gasteiger partial charge is 0.310 e. The molecule has 0 amide bonds. The van der Waals surface area contributed by atoms with Gasteiger partial charge in [-0.1, -0.05) is 70.4 Å². The Hall–Kier alpha value is -0.820. The zero-order valence-electron chi connectivity index (χ0n) is 13.4. The second-order valence-corrected chi connectivity index (χ2v) is 7.02. The van der Waals surface area contributed by atoms with Gasteiger partial charge in [0.2, 0.25) is 0 Å². The van der Waals surface area contributed by atoms with Gasteiger partial charge in [-0.25, -0.2) is 0 Å². The molecule has 0 heterocycles. The van der Waals surface area contributed by atoms with Crippen LogP contribution in [0, 0.1) is 17.8 Å². The Morgan fingerprint density at radius 3 is 2.45 bits per heavy atom. The molecule has 1 heteroatoms. The van der Waals surface area contributed by atoms with Crippen LogP contribution in [0.3, 0.4) is 0 Å². The van der Waals surface area contributed by atoms with Gasteiger partial charge in [0.25, 0.3) is 0 Å². The summed E-state index contributed by atoms with van der Waals surface area (Å²) in [6.45, 7) is 8.26. The Labute approximate surface area is 125 Å². The summed E-state index contributed by atoms with van der Waals surface area (Å²) in [6, 6.07) is 11.5. The fourth-order valence-electron chi connectivity index (χ4n) is 3.48. The van der Waals surface area contributed by atoms with E-state index in [1.165, 1.54) is 44.2 Å². The fraction of sp³-hybridized carbons (Fsp3) is 0.684. The third-order valence-electron chi connectivity index (χ3n) is 4.82. The van der Waals surface area contributed by atoms with E-state index in [1.807, 2.05) is 0 Å². The van der Waals surface area contributed by atoms with Crippen molar-refractivity contribution in [3.05, 3.63) is 35.9 Å². The van der Waals surface area contributed by atoms with Crippen LogP contribution in [-0.4, -0.2) is 6.54 Å². The molecule has 0 aliphatic heterocycles. The van der Waals surface area contributed by atoms with Gasteiger partial charge in [0.15, 0.2) is 0 Å². The van der Waals surface area contributed by atoms with Crippen molar-refractivity contribution in [2.45, 2.75) is 58.9 Å². The van der Waals surface area contributed by atoms with Gasteiger partial charge in [-0.15, -0.1) is 0 Å². The van der Waals surface area contributed by atoms with Crippen molar-refractivity contribution in [2.75, 3.05) is 6.54 Å². The molecule has 1 aliphatic carbocycles. The van der Waals surface area contributed by atoms with Gasteiger partial charge in [0, 0.05) is 6.04 Å². The first kappa shape index (κ1) is 15.6. The molecule has 3 atom stereocenters. The highest BCUT2D eigenvalue weighted by Crippen LogP contribution is 2.30. The molecule has 1 aromatic carbocycles. The molecule has 0 aromatic heterocycles. The van der Waals surface area contributed by atoms with Crippen LogP contribution in [0.4, 0.5) is 0 Å².